The van der Waals surface area contributed by atoms with Crippen LogP contribution in [0.2, 0.25) is 0 Å². The number of methoxy groups -OCH3 is 1. The van der Waals surface area contributed by atoms with Gasteiger partial charge in [-0.15, -0.1) is 0 Å². The molecule has 5 nitrogen and oxygen atoms in total. The molecule has 0 saturated carbocycles. The van der Waals surface area contributed by atoms with Crippen LogP contribution in [0.4, 0.5) is 13.2 Å². The van der Waals surface area contributed by atoms with Gasteiger partial charge in [-0.05, 0) is 87.1 Å². The van der Waals surface area contributed by atoms with Crippen molar-refractivity contribution >= 4 is 62.3 Å². The predicted octanol–water partition coefficient (Wildman–Crippen LogP) is 6.18. The molecule has 4 aromatic rings. The maximum absolute atomic E-state index is 13.3. The van der Waals surface area contributed by atoms with Crippen molar-refractivity contribution in [1.82, 2.24) is 9.66 Å². The number of nitrogens with zero attached hydrogens (tertiary/aromatic N) is 3. The van der Waals surface area contributed by atoms with Crippen molar-refractivity contribution in [3.05, 3.63) is 89.3 Å². The number of ether oxygens (including phenoxy) is 1. The second kappa shape index (κ2) is 9.41. The number of benzene rings is 3. The SMILES string of the molecule is COc1c(I)cc(C=Nn2c(-c3cccc(C(F)(F)F)c3)nc3ccccc3c2=O)cc1I. The highest BCUT2D eigenvalue weighted by Gasteiger charge is 2.31. The van der Waals surface area contributed by atoms with Crippen LogP contribution >= 0.6 is 45.2 Å². The van der Waals surface area contributed by atoms with Gasteiger partial charge >= 0.3 is 6.18 Å². The Kier molecular flexibility index (Phi) is 6.75. The minimum absolute atomic E-state index is 0.0129. The van der Waals surface area contributed by atoms with Gasteiger partial charge in [-0.25, -0.2) is 4.98 Å². The van der Waals surface area contributed by atoms with Crippen molar-refractivity contribution in [2.24, 2.45) is 5.10 Å². The molecular weight excluding hydrogens is 661 g/mol. The second-order valence-corrected chi connectivity index (χ2v) is 9.23. The number of alkyl halides is 3. The molecule has 3 aromatic carbocycles. The standard InChI is InChI=1S/C23H14F3I2N3O2/c1-33-20-17(27)9-13(10-18(20)28)12-29-31-21(14-5-4-6-15(11-14)23(24,25)26)30-19-8-3-2-7-16(19)22(31)32/h2-12H,1H3. The van der Waals surface area contributed by atoms with Crippen LogP contribution in [0.5, 0.6) is 5.75 Å². The molecule has 0 fully saturated rings. The van der Waals surface area contributed by atoms with Crippen LogP contribution in [0.3, 0.4) is 0 Å². The van der Waals surface area contributed by atoms with E-state index in [0.717, 1.165) is 29.7 Å². The van der Waals surface area contributed by atoms with E-state index in [-0.39, 0.29) is 11.4 Å². The summed E-state index contributed by atoms with van der Waals surface area (Å²) < 4.78 is 48.0. The van der Waals surface area contributed by atoms with Crippen LogP contribution in [0.25, 0.3) is 22.3 Å². The molecule has 0 N–H and O–H groups in total. The molecule has 0 aliphatic heterocycles. The van der Waals surface area contributed by atoms with Gasteiger partial charge < -0.3 is 4.74 Å². The summed E-state index contributed by atoms with van der Waals surface area (Å²) in [4.78, 5) is 17.7. The van der Waals surface area contributed by atoms with Crippen molar-refractivity contribution in [2.45, 2.75) is 6.18 Å². The van der Waals surface area contributed by atoms with Crippen molar-refractivity contribution < 1.29 is 17.9 Å². The first-order valence-corrected chi connectivity index (χ1v) is 11.6. The van der Waals surface area contributed by atoms with Gasteiger partial charge in [-0.2, -0.15) is 22.9 Å². The fourth-order valence-electron chi connectivity index (χ4n) is 3.23. The molecule has 0 saturated heterocycles. The van der Waals surface area contributed by atoms with Crippen molar-refractivity contribution in [3.63, 3.8) is 0 Å². The molecule has 0 amide bonds. The summed E-state index contributed by atoms with van der Waals surface area (Å²) in [5.41, 5.74) is -0.127. The molecule has 10 heteroatoms. The number of rotatable bonds is 4. The fourth-order valence-corrected chi connectivity index (χ4v) is 5.48. The third-order valence-electron chi connectivity index (χ3n) is 4.75. The number of para-hydroxylation sites is 1. The number of hydrogen-bond acceptors (Lipinski definition) is 4. The number of fused-ring (bicyclic) bond motifs is 1. The summed E-state index contributed by atoms with van der Waals surface area (Å²) in [5.74, 6) is 0.737. The van der Waals surface area contributed by atoms with E-state index < -0.39 is 17.3 Å². The lowest BCUT2D eigenvalue weighted by atomic mass is 10.1. The van der Waals surface area contributed by atoms with Crippen LogP contribution in [-0.2, 0) is 6.18 Å². The molecule has 0 radical (unpaired) electrons. The lowest BCUT2D eigenvalue weighted by molar-refractivity contribution is -0.137. The molecule has 0 aliphatic carbocycles. The molecule has 33 heavy (non-hydrogen) atoms. The van der Waals surface area contributed by atoms with Crippen LogP contribution in [0.15, 0.2) is 70.6 Å². The smallest absolute Gasteiger partial charge is 0.416 e. The Balaban J connectivity index is 1.92. The quantitative estimate of drug-likeness (QED) is 0.192. The number of hydrogen-bond donors (Lipinski definition) is 0. The number of aromatic nitrogens is 2. The van der Waals surface area contributed by atoms with Crippen molar-refractivity contribution in [3.8, 4) is 17.1 Å². The maximum atomic E-state index is 13.3. The zero-order valence-electron chi connectivity index (χ0n) is 16.9. The second-order valence-electron chi connectivity index (χ2n) is 6.91. The Morgan fingerprint density at radius 1 is 1.03 bits per heavy atom. The van der Waals surface area contributed by atoms with Gasteiger partial charge in [0, 0.05) is 5.56 Å². The Morgan fingerprint density at radius 2 is 1.73 bits per heavy atom. The van der Waals surface area contributed by atoms with E-state index >= 15 is 0 Å². The van der Waals surface area contributed by atoms with Crippen LogP contribution in [0.1, 0.15) is 11.1 Å². The van der Waals surface area contributed by atoms with Crippen LogP contribution in [0, 0.1) is 7.14 Å². The Bertz CT molecular complexity index is 1430. The minimum atomic E-state index is -4.53. The highest BCUT2D eigenvalue weighted by atomic mass is 127. The summed E-state index contributed by atoms with van der Waals surface area (Å²) in [5, 5.41) is 4.63. The highest BCUT2D eigenvalue weighted by molar-refractivity contribution is 14.1. The monoisotopic (exact) mass is 675 g/mol. The molecule has 0 atom stereocenters. The Morgan fingerprint density at radius 3 is 2.39 bits per heavy atom. The van der Waals surface area contributed by atoms with E-state index in [4.69, 9.17) is 4.74 Å². The normalized spacial score (nSPS) is 11.9. The molecule has 168 valence electrons. The molecule has 0 spiro atoms. The summed E-state index contributed by atoms with van der Waals surface area (Å²) in [6.07, 6.45) is -3.06. The summed E-state index contributed by atoms with van der Waals surface area (Å²) in [6.45, 7) is 0. The molecular formula is C23H14F3I2N3O2. The third-order valence-corrected chi connectivity index (χ3v) is 6.35. The summed E-state index contributed by atoms with van der Waals surface area (Å²) >= 11 is 4.26. The first-order valence-electron chi connectivity index (χ1n) is 9.46. The number of halogens is 5. The van der Waals surface area contributed by atoms with Gasteiger partial charge in [-0.3, -0.25) is 4.79 Å². The highest BCUT2D eigenvalue weighted by Crippen LogP contribution is 2.32. The predicted molar refractivity (Wildman–Crippen MR) is 138 cm³/mol. The average Bonchev–Trinajstić information content (AvgIpc) is 2.78. The zero-order chi connectivity index (χ0) is 23.8. The van der Waals surface area contributed by atoms with Crippen molar-refractivity contribution in [1.29, 1.82) is 0 Å². The van der Waals surface area contributed by atoms with Gasteiger partial charge in [0.15, 0.2) is 5.82 Å². The molecule has 1 aromatic heterocycles. The largest absolute Gasteiger partial charge is 0.495 e. The minimum Gasteiger partial charge on any atom is -0.495 e. The molecule has 4 rings (SSSR count). The van der Waals surface area contributed by atoms with Gasteiger partial charge in [0.1, 0.15) is 5.75 Å². The van der Waals surface area contributed by atoms with E-state index in [1.807, 2.05) is 12.1 Å². The van der Waals surface area contributed by atoms with E-state index in [2.05, 4.69) is 55.3 Å². The summed E-state index contributed by atoms with van der Waals surface area (Å²) in [7, 11) is 1.58. The molecule has 0 unspecified atom stereocenters. The van der Waals surface area contributed by atoms with Gasteiger partial charge in [0.2, 0.25) is 0 Å². The molecule has 0 aliphatic rings. The van der Waals surface area contributed by atoms with E-state index in [1.165, 1.54) is 18.3 Å². The van der Waals surface area contributed by atoms with Gasteiger partial charge in [-0.1, -0.05) is 24.3 Å². The Hall–Kier alpha value is -2.48. The Labute approximate surface area is 213 Å². The van der Waals surface area contributed by atoms with E-state index in [1.54, 1.807) is 31.4 Å². The molecule has 1 heterocycles. The first-order chi connectivity index (χ1) is 15.7. The molecule has 0 bridgehead atoms. The van der Waals surface area contributed by atoms with Crippen LogP contribution < -0.4 is 10.3 Å². The van der Waals surface area contributed by atoms with Crippen molar-refractivity contribution in [2.75, 3.05) is 7.11 Å². The van der Waals surface area contributed by atoms with Gasteiger partial charge in [0.05, 0.1) is 36.9 Å². The maximum Gasteiger partial charge on any atom is 0.416 e. The van der Waals surface area contributed by atoms with E-state index in [9.17, 15) is 18.0 Å². The van der Waals surface area contributed by atoms with Crippen LogP contribution in [-0.4, -0.2) is 23.0 Å². The van der Waals surface area contributed by atoms with E-state index in [0.29, 0.717) is 16.5 Å². The third kappa shape index (κ3) is 4.90. The fraction of sp³-hybridized carbons (Fsp3) is 0.0870. The lowest BCUT2D eigenvalue weighted by Gasteiger charge is -2.12. The topological polar surface area (TPSA) is 56.5 Å². The average molecular weight is 675 g/mol. The first kappa shape index (κ1) is 23.7. The lowest BCUT2D eigenvalue weighted by Crippen LogP contribution is -2.20. The van der Waals surface area contributed by atoms with Gasteiger partial charge in [0.25, 0.3) is 5.56 Å². The summed E-state index contributed by atoms with van der Waals surface area (Å²) in [6, 6.07) is 15.0. The zero-order valence-corrected chi connectivity index (χ0v) is 21.2.